The third kappa shape index (κ3) is 2.74. The van der Waals surface area contributed by atoms with E-state index in [-0.39, 0.29) is 49.4 Å². The predicted octanol–water partition coefficient (Wildman–Crippen LogP) is 4.04. The first-order valence-electron chi connectivity index (χ1n) is 8.61. The molecule has 0 radical (unpaired) electrons. The molecule has 1 N–H and O–H groups in total. The molecule has 25 heavy (non-hydrogen) atoms. The molecule has 0 heterocycles. The standard InChI is InChI=1S/C21H26O4/c1-6-8-20-11-14(5)12-21(9-7-2,19(20)25)18(24)16(17(20)23)15(22)10-13(3)4/h6-7,13,23H,1-2,5,8-12H2,3-4H3. The van der Waals surface area contributed by atoms with E-state index in [1.165, 1.54) is 6.08 Å². The summed E-state index contributed by atoms with van der Waals surface area (Å²) >= 11 is 0. The second-order valence-electron chi connectivity index (χ2n) is 7.66. The van der Waals surface area contributed by atoms with Crippen LogP contribution in [0.15, 0.2) is 48.8 Å². The number of aliphatic hydroxyl groups excluding tert-OH is 1. The lowest BCUT2D eigenvalue weighted by molar-refractivity contribution is -0.151. The topological polar surface area (TPSA) is 71.4 Å². The van der Waals surface area contributed by atoms with Crippen LogP contribution in [0.2, 0.25) is 0 Å². The molecular weight excluding hydrogens is 316 g/mol. The Hall–Kier alpha value is -2.23. The third-order valence-electron chi connectivity index (χ3n) is 5.18. The molecular formula is C21H26O4. The number of ketones is 3. The normalized spacial score (nSPS) is 29.2. The average Bonchev–Trinajstić information content (AvgIpc) is 2.50. The van der Waals surface area contributed by atoms with Crippen LogP contribution in [0.1, 0.15) is 46.0 Å². The van der Waals surface area contributed by atoms with Crippen LogP contribution in [-0.2, 0) is 14.4 Å². The Bertz CT molecular complexity index is 709. The zero-order valence-electron chi connectivity index (χ0n) is 15.1. The second kappa shape index (κ2) is 6.58. The first kappa shape index (κ1) is 19.1. The summed E-state index contributed by atoms with van der Waals surface area (Å²) in [6.07, 6.45) is 3.95. The van der Waals surface area contributed by atoms with Crippen molar-refractivity contribution < 1.29 is 19.5 Å². The van der Waals surface area contributed by atoms with Gasteiger partial charge >= 0.3 is 0 Å². The minimum atomic E-state index is -1.38. The molecule has 0 amide bonds. The van der Waals surface area contributed by atoms with Gasteiger partial charge in [0.25, 0.3) is 0 Å². The maximum absolute atomic E-state index is 13.3. The van der Waals surface area contributed by atoms with E-state index in [2.05, 4.69) is 19.7 Å². The lowest BCUT2D eigenvalue weighted by Crippen LogP contribution is -2.58. The highest BCUT2D eigenvalue weighted by molar-refractivity contribution is 6.31. The van der Waals surface area contributed by atoms with Crippen LogP contribution in [0.5, 0.6) is 0 Å². The van der Waals surface area contributed by atoms with Gasteiger partial charge in [-0.3, -0.25) is 14.4 Å². The average molecular weight is 342 g/mol. The minimum Gasteiger partial charge on any atom is -0.510 e. The van der Waals surface area contributed by atoms with E-state index in [0.717, 1.165) is 5.57 Å². The van der Waals surface area contributed by atoms with E-state index in [4.69, 9.17) is 0 Å². The Morgan fingerprint density at radius 2 is 1.68 bits per heavy atom. The number of carbonyl (C=O) groups is 3. The number of hydrogen-bond donors (Lipinski definition) is 1. The molecule has 2 atom stereocenters. The van der Waals surface area contributed by atoms with Crippen LogP contribution < -0.4 is 0 Å². The summed E-state index contributed by atoms with van der Waals surface area (Å²) in [5, 5.41) is 10.9. The van der Waals surface area contributed by atoms with Gasteiger partial charge in [-0.25, -0.2) is 0 Å². The summed E-state index contributed by atoms with van der Waals surface area (Å²) in [6.45, 7) is 15.1. The van der Waals surface area contributed by atoms with Gasteiger partial charge in [0.1, 0.15) is 16.7 Å². The first-order chi connectivity index (χ1) is 11.7. The molecule has 0 spiro atoms. The largest absolute Gasteiger partial charge is 0.510 e. The van der Waals surface area contributed by atoms with Crippen LogP contribution in [0.25, 0.3) is 0 Å². The number of aliphatic hydroxyl groups is 1. The van der Waals surface area contributed by atoms with Gasteiger partial charge < -0.3 is 5.11 Å². The molecule has 134 valence electrons. The van der Waals surface area contributed by atoms with Crippen molar-refractivity contribution in [1.82, 2.24) is 0 Å². The van der Waals surface area contributed by atoms with Crippen LogP contribution in [0, 0.1) is 16.7 Å². The van der Waals surface area contributed by atoms with Gasteiger partial charge in [-0.05, 0) is 31.6 Å². The summed E-state index contributed by atoms with van der Waals surface area (Å²) in [6, 6.07) is 0. The number of hydrogen-bond acceptors (Lipinski definition) is 4. The van der Waals surface area contributed by atoms with Gasteiger partial charge in [-0.15, -0.1) is 13.2 Å². The number of allylic oxidation sites excluding steroid dienone is 5. The highest BCUT2D eigenvalue weighted by Gasteiger charge is 2.64. The van der Waals surface area contributed by atoms with Gasteiger partial charge in [0.05, 0.1) is 5.41 Å². The Balaban J connectivity index is 2.77. The van der Waals surface area contributed by atoms with Crippen LogP contribution in [-0.4, -0.2) is 22.5 Å². The third-order valence-corrected chi connectivity index (χ3v) is 5.18. The molecule has 0 saturated heterocycles. The van der Waals surface area contributed by atoms with E-state index >= 15 is 0 Å². The van der Waals surface area contributed by atoms with Gasteiger partial charge in [0, 0.05) is 6.42 Å². The molecule has 4 heteroatoms. The summed E-state index contributed by atoms with van der Waals surface area (Å²) in [5.74, 6) is -1.68. The maximum Gasteiger partial charge on any atom is 0.184 e. The molecule has 2 aliphatic rings. The van der Waals surface area contributed by atoms with Crippen LogP contribution in [0.3, 0.4) is 0 Å². The molecule has 2 unspecified atom stereocenters. The van der Waals surface area contributed by atoms with E-state index < -0.39 is 28.2 Å². The summed E-state index contributed by atoms with van der Waals surface area (Å²) in [7, 11) is 0. The van der Waals surface area contributed by atoms with Gasteiger partial charge in [0.2, 0.25) is 0 Å². The van der Waals surface area contributed by atoms with E-state index in [1.807, 2.05) is 13.8 Å². The quantitative estimate of drug-likeness (QED) is 0.430. The van der Waals surface area contributed by atoms with Crippen LogP contribution >= 0.6 is 0 Å². The monoisotopic (exact) mass is 342 g/mol. The van der Waals surface area contributed by atoms with Crippen molar-refractivity contribution in [2.24, 2.45) is 16.7 Å². The first-order valence-corrected chi connectivity index (χ1v) is 8.61. The summed E-state index contributed by atoms with van der Waals surface area (Å²) in [5.41, 5.74) is -2.17. The lowest BCUT2D eigenvalue weighted by atomic mass is 9.50. The Morgan fingerprint density at radius 1 is 1.16 bits per heavy atom. The molecule has 0 aromatic heterocycles. The molecule has 1 saturated carbocycles. The van der Waals surface area contributed by atoms with Crippen molar-refractivity contribution in [3.8, 4) is 0 Å². The Labute approximate surface area is 149 Å². The molecule has 2 aliphatic carbocycles. The number of fused-ring (bicyclic) bond motifs is 2. The Morgan fingerprint density at radius 3 is 2.20 bits per heavy atom. The van der Waals surface area contributed by atoms with Crippen LogP contribution in [0.4, 0.5) is 0 Å². The van der Waals surface area contributed by atoms with Crippen molar-refractivity contribution in [2.75, 3.05) is 0 Å². The molecule has 0 aromatic carbocycles. The van der Waals surface area contributed by atoms with E-state index in [1.54, 1.807) is 6.08 Å². The number of carbonyl (C=O) groups excluding carboxylic acids is 3. The number of Topliss-reactive ketones (excluding diaryl/α,β-unsaturated/α-hetero) is 3. The van der Waals surface area contributed by atoms with Gasteiger partial charge in [0.15, 0.2) is 17.3 Å². The molecule has 0 aliphatic heterocycles. The van der Waals surface area contributed by atoms with Gasteiger partial charge in [-0.1, -0.05) is 38.2 Å². The number of rotatable bonds is 7. The van der Waals surface area contributed by atoms with Crippen molar-refractivity contribution >= 4 is 17.3 Å². The highest BCUT2D eigenvalue weighted by atomic mass is 16.3. The maximum atomic E-state index is 13.3. The Kier molecular flexibility index (Phi) is 5.03. The fourth-order valence-corrected chi connectivity index (χ4v) is 4.24. The van der Waals surface area contributed by atoms with Crippen molar-refractivity contribution in [3.63, 3.8) is 0 Å². The molecule has 2 bridgehead atoms. The van der Waals surface area contributed by atoms with E-state index in [9.17, 15) is 19.5 Å². The van der Waals surface area contributed by atoms with Crippen molar-refractivity contribution in [1.29, 1.82) is 0 Å². The summed E-state index contributed by atoms with van der Waals surface area (Å²) in [4.78, 5) is 39.3. The molecule has 0 aromatic rings. The zero-order valence-corrected chi connectivity index (χ0v) is 15.1. The molecule has 4 nitrogen and oxygen atoms in total. The van der Waals surface area contributed by atoms with Crippen molar-refractivity contribution in [2.45, 2.75) is 46.0 Å². The van der Waals surface area contributed by atoms with Gasteiger partial charge in [-0.2, -0.15) is 0 Å². The summed E-state index contributed by atoms with van der Waals surface area (Å²) < 4.78 is 0. The zero-order chi connectivity index (χ0) is 19.0. The smallest absolute Gasteiger partial charge is 0.184 e. The fraction of sp³-hybridized carbons (Fsp3) is 0.476. The second-order valence-corrected chi connectivity index (χ2v) is 7.66. The minimum absolute atomic E-state index is 0.0405. The molecule has 1 fully saturated rings. The lowest BCUT2D eigenvalue weighted by Gasteiger charge is -2.49. The fourth-order valence-electron chi connectivity index (χ4n) is 4.24. The van der Waals surface area contributed by atoms with Crippen molar-refractivity contribution in [3.05, 3.63) is 48.8 Å². The highest BCUT2D eigenvalue weighted by Crippen LogP contribution is 2.57. The molecule has 2 rings (SSSR count). The SMILES string of the molecule is C=CCC12CC(=C)CC(CC=C)(C1=O)C(O)=C(C(=O)CC(C)C)C2=O. The van der Waals surface area contributed by atoms with E-state index in [0.29, 0.717) is 0 Å². The predicted molar refractivity (Wildman–Crippen MR) is 97.0 cm³/mol.